The molecule has 1 aromatic heterocycles. The van der Waals surface area contributed by atoms with Crippen LogP contribution in [-0.2, 0) is 6.42 Å². The molecule has 0 aliphatic carbocycles. The highest BCUT2D eigenvalue weighted by Gasteiger charge is 2.21. The first-order chi connectivity index (χ1) is 13.1. The van der Waals surface area contributed by atoms with Gasteiger partial charge < -0.3 is 10.2 Å². The lowest BCUT2D eigenvalue weighted by atomic mass is 10.0. The van der Waals surface area contributed by atoms with E-state index in [0.717, 1.165) is 37.2 Å². The summed E-state index contributed by atoms with van der Waals surface area (Å²) in [5.74, 6) is -2.01. The lowest BCUT2D eigenvalue weighted by molar-refractivity contribution is 0.102. The number of hydrogen-bond donors (Lipinski definition) is 1. The molecule has 1 N–H and O–H groups in total. The van der Waals surface area contributed by atoms with Gasteiger partial charge in [0.15, 0.2) is 0 Å². The Kier molecular flexibility index (Phi) is 4.50. The van der Waals surface area contributed by atoms with Crippen LogP contribution in [0.1, 0.15) is 22.5 Å². The number of hydrogen-bond acceptors (Lipinski definition) is 4. The summed E-state index contributed by atoms with van der Waals surface area (Å²) in [5.41, 5.74) is 1.73. The summed E-state index contributed by atoms with van der Waals surface area (Å²) in [6.07, 6.45) is 3.38. The number of anilines is 3. The normalized spacial score (nSPS) is 13.2. The van der Waals surface area contributed by atoms with Gasteiger partial charge in [0.25, 0.3) is 5.91 Å². The molecule has 136 valence electrons. The van der Waals surface area contributed by atoms with E-state index >= 15 is 0 Å². The zero-order valence-electron chi connectivity index (χ0n) is 14.3. The maximum absolute atomic E-state index is 13.8. The molecule has 0 saturated carbocycles. The fourth-order valence-electron chi connectivity index (χ4n) is 3.14. The van der Waals surface area contributed by atoms with Gasteiger partial charge in [-0.2, -0.15) is 0 Å². The summed E-state index contributed by atoms with van der Waals surface area (Å²) in [5, 5.41) is 2.25. The SMILES string of the molecule is O=C(Nc1c(F)cccc1F)c1ccnc(N2CCCc3ccccc32)n1. The second-order valence-electron chi connectivity index (χ2n) is 6.18. The van der Waals surface area contributed by atoms with E-state index in [9.17, 15) is 13.6 Å². The van der Waals surface area contributed by atoms with E-state index in [2.05, 4.69) is 21.4 Å². The van der Waals surface area contributed by atoms with E-state index in [1.807, 2.05) is 23.1 Å². The summed E-state index contributed by atoms with van der Waals surface area (Å²) in [7, 11) is 0. The fraction of sp³-hybridized carbons (Fsp3) is 0.150. The summed E-state index contributed by atoms with van der Waals surface area (Å²) in [6, 6.07) is 12.8. The maximum atomic E-state index is 13.8. The standard InChI is InChI=1S/C20H16F2N4O/c21-14-7-3-8-15(22)18(14)25-19(27)16-10-11-23-20(24-16)26-12-4-6-13-5-1-2-9-17(13)26/h1-3,5,7-11H,4,6,12H2,(H,25,27). The molecule has 0 spiro atoms. The number of carbonyl (C=O) groups excluding carboxylic acids is 1. The third-order valence-electron chi connectivity index (χ3n) is 4.43. The minimum Gasteiger partial charge on any atom is -0.316 e. The Labute approximate surface area is 154 Å². The molecule has 2 heterocycles. The smallest absolute Gasteiger partial charge is 0.274 e. The first-order valence-corrected chi connectivity index (χ1v) is 8.57. The fourth-order valence-corrected chi connectivity index (χ4v) is 3.14. The van der Waals surface area contributed by atoms with Crippen molar-refractivity contribution in [2.45, 2.75) is 12.8 Å². The Morgan fingerprint density at radius 3 is 2.63 bits per heavy atom. The van der Waals surface area contributed by atoms with Crippen LogP contribution in [0, 0.1) is 11.6 Å². The molecule has 1 aliphatic rings. The molecule has 0 bridgehead atoms. The quantitative estimate of drug-likeness (QED) is 0.758. The van der Waals surface area contributed by atoms with Gasteiger partial charge in [0.2, 0.25) is 5.95 Å². The molecule has 1 aliphatic heterocycles. The molecular weight excluding hydrogens is 350 g/mol. The van der Waals surface area contributed by atoms with Crippen molar-refractivity contribution in [3.8, 4) is 0 Å². The second kappa shape index (κ2) is 7.11. The van der Waals surface area contributed by atoms with Crippen LogP contribution in [0.2, 0.25) is 0 Å². The van der Waals surface area contributed by atoms with E-state index in [1.54, 1.807) is 0 Å². The summed E-state index contributed by atoms with van der Waals surface area (Å²) < 4.78 is 27.5. The van der Waals surface area contributed by atoms with E-state index in [0.29, 0.717) is 5.95 Å². The number of fused-ring (bicyclic) bond motifs is 1. The van der Waals surface area contributed by atoms with Crippen LogP contribution in [0.15, 0.2) is 54.7 Å². The highest BCUT2D eigenvalue weighted by atomic mass is 19.1. The number of halogens is 2. The predicted octanol–water partition coefficient (Wildman–Crippen LogP) is 4.09. The van der Waals surface area contributed by atoms with Crippen molar-refractivity contribution in [3.63, 3.8) is 0 Å². The molecule has 0 fully saturated rings. The molecule has 0 saturated heterocycles. The van der Waals surface area contributed by atoms with Crippen molar-refractivity contribution >= 4 is 23.2 Å². The van der Waals surface area contributed by atoms with Crippen LogP contribution in [-0.4, -0.2) is 22.4 Å². The van der Waals surface area contributed by atoms with Crippen LogP contribution in [0.4, 0.5) is 26.1 Å². The van der Waals surface area contributed by atoms with E-state index in [1.165, 1.54) is 23.9 Å². The van der Waals surface area contributed by atoms with E-state index in [4.69, 9.17) is 0 Å². The maximum Gasteiger partial charge on any atom is 0.274 e. The van der Waals surface area contributed by atoms with Crippen molar-refractivity contribution in [1.82, 2.24) is 9.97 Å². The number of benzene rings is 2. The van der Waals surface area contributed by atoms with Crippen LogP contribution in [0.25, 0.3) is 0 Å². The number of rotatable bonds is 3. The van der Waals surface area contributed by atoms with Gasteiger partial charge in [-0.05, 0) is 42.7 Å². The first kappa shape index (κ1) is 17.1. The average Bonchev–Trinajstić information content (AvgIpc) is 2.70. The molecule has 3 aromatic rings. The van der Waals surface area contributed by atoms with Crippen LogP contribution >= 0.6 is 0 Å². The number of aromatic nitrogens is 2. The second-order valence-corrected chi connectivity index (χ2v) is 6.18. The van der Waals surface area contributed by atoms with Gasteiger partial charge in [0.1, 0.15) is 23.0 Å². The lowest BCUT2D eigenvalue weighted by Crippen LogP contribution is -2.27. The molecule has 4 rings (SSSR count). The third-order valence-corrected chi connectivity index (χ3v) is 4.43. The highest BCUT2D eigenvalue weighted by Crippen LogP contribution is 2.31. The summed E-state index contributed by atoms with van der Waals surface area (Å²) in [6.45, 7) is 0.726. The van der Waals surface area contributed by atoms with Gasteiger partial charge >= 0.3 is 0 Å². The van der Waals surface area contributed by atoms with Gasteiger partial charge in [-0.25, -0.2) is 18.7 Å². The predicted molar refractivity (Wildman–Crippen MR) is 98.1 cm³/mol. The Hall–Kier alpha value is -3.35. The monoisotopic (exact) mass is 366 g/mol. The minimum absolute atomic E-state index is 0.0331. The minimum atomic E-state index is -0.845. The first-order valence-electron chi connectivity index (χ1n) is 8.57. The topological polar surface area (TPSA) is 58.1 Å². The van der Waals surface area contributed by atoms with Crippen LogP contribution < -0.4 is 10.2 Å². The number of amides is 1. The molecule has 0 unspecified atom stereocenters. The molecule has 27 heavy (non-hydrogen) atoms. The molecule has 7 heteroatoms. The molecule has 5 nitrogen and oxygen atoms in total. The Bertz CT molecular complexity index is 989. The van der Waals surface area contributed by atoms with Crippen molar-refractivity contribution in [2.75, 3.05) is 16.8 Å². The molecule has 0 radical (unpaired) electrons. The van der Waals surface area contributed by atoms with Crippen molar-refractivity contribution in [2.24, 2.45) is 0 Å². The van der Waals surface area contributed by atoms with Crippen LogP contribution in [0.5, 0.6) is 0 Å². The zero-order chi connectivity index (χ0) is 18.8. The van der Waals surface area contributed by atoms with Crippen LogP contribution in [0.3, 0.4) is 0 Å². The van der Waals surface area contributed by atoms with E-state index < -0.39 is 23.2 Å². The number of aryl methyl sites for hydroxylation is 1. The summed E-state index contributed by atoms with van der Waals surface area (Å²) in [4.78, 5) is 23.0. The molecular formula is C20H16F2N4O. The van der Waals surface area contributed by atoms with Gasteiger partial charge in [-0.1, -0.05) is 24.3 Å². The molecule has 1 amide bonds. The zero-order valence-corrected chi connectivity index (χ0v) is 14.3. The molecule has 0 atom stereocenters. The lowest BCUT2D eigenvalue weighted by Gasteiger charge is -2.29. The Balaban J connectivity index is 1.63. The number of carbonyl (C=O) groups is 1. The van der Waals surface area contributed by atoms with Gasteiger partial charge in [0, 0.05) is 18.4 Å². The number of nitrogens with zero attached hydrogens (tertiary/aromatic N) is 3. The third kappa shape index (κ3) is 3.36. The van der Waals surface area contributed by atoms with Crippen molar-refractivity contribution < 1.29 is 13.6 Å². The van der Waals surface area contributed by atoms with E-state index in [-0.39, 0.29) is 5.69 Å². The average molecular weight is 366 g/mol. The molecule has 2 aromatic carbocycles. The van der Waals surface area contributed by atoms with Gasteiger partial charge in [-0.15, -0.1) is 0 Å². The van der Waals surface area contributed by atoms with Crippen molar-refractivity contribution in [1.29, 1.82) is 0 Å². The highest BCUT2D eigenvalue weighted by molar-refractivity contribution is 6.03. The van der Waals surface area contributed by atoms with Gasteiger partial charge in [-0.3, -0.25) is 4.79 Å². The van der Waals surface area contributed by atoms with Crippen molar-refractivity contribution in [3.05, 3.63) is 77.6 Å². The largest absolute Gasteiger partial charge is 0.316 e. The number of para-hydroxylation sites is 2. The number of nitrogens with one attached hydrogen (secondary N) is 1. The Morgan fingerprint density at radius 1 is 1.04 bits per heavy atom. The van der Waals surface area contributed by atoms with Gasteiger partial charge in [0.05, 0.1) is 0 Å². The summed E-state index contributed by atoms with van der Waals surface area (Å²) >= 11 is 0. The Morgan fingerprint density at radius 2 is 1.81 bits per heavy atom.